The summed E-state index contributed by atoms with van der Waals surface area (Å²) < 4.78 is 1.69. The van der Waals surface area contributed by atoms with Gasteiger partial charge in [0.1, 0.15) is 0 Å². The van der Waals surface area contributed by atoms with Gasteiger partial charge < -0.3 is 14.7 Å². The van der Waals surface area contributed by atoms with Crippen LogP contribution in [0.25, 0.3) is 0 Å². The summed E-state index contributed by atoms with van der Waals surface area (Å²) in [6.07, 6.45) is 4.94. The van der Waals surface area contributed by atoms with E-state index in [4.69, 9.17) is 0 Å². The average molecular weight is 275 g/mol. The summed E-state index contributed by atoms with van der Waals surface area (Å²) in [6, 6.07) is 6.31. The molecule has 1 heterocycles. The largest absolute Gasteiger partial charge is 0.396 e. The summed E-state index contributed by atoms with van der Waals surface area (Å²) in [5.41, 5.74) is 2.78. The Morgan fingerprint density at radius 1 is 1.37 bits per heavy atom. The van der Waals surface area contributed by atoms with Crippen molar-refractivity contribution >= 4 is 17.6 Å². The molecule has 0 fully saturated rings. The lowest BCUT2D eigenvalue weighted by atomic mass is 10.1. The Morgan fingerprint density at radius 3 is 2.95 bits per heavy atom. The molecule has 5 nitrogen and oxygen atoms in total. The van der Waals surface area contributed by atoms with Gasteiger partial charge in [0.05, 0.1) is 0 Å². The molecule has 0 N–H and O–H groups in total. The van der Waals surface area contributed by atoms with Gasteiger partial charge in [0.2, 0.25) is 6.33 Å². The molecule has 0 saturated heterocycles. The fraction of sp³-hybridized carbons (Fsp3) is 0.308. The Morgan fingerprint density at radius 2 is 2.16 bits per heavy atom. The van der Waals surface area contributed by atoms with Crippen molar-refractivity contribution in [2.45, 2.75) is 29.2 Å². The molecule has 3 rings (SSSR count). The van der Waals surface area contributed by atoms with Gasteiger partial charge in [-0.2, -0.15) is 0 Å². The molecule has 1 aliphatic carbocycles. The number of hydrogen-bond donors (Lipinski definition) is 0. The van der Waals surface area contributed by atoms with Gasteiger partial charge in [0.15, 0.2) is 5.03 Å². The number of nitrogens with zero attached hydrogens (tertiary/aromatic N) is 3. The summed E-state index contributed by atoms with van der Waals surface area (Å²) in [4.78, 5) is 15.4. The Kier molecular flexibility index (Phi) is 3.02. The molecule has 0 bridgehead atoms. The van der Waals surface area contributed by atoms with Crippen LogP contribution in [0.3, 0.4) is 0 Å². The zero-order chi connectivity index (χ0) is 13.4. The van der Waals surface area contributed by atoms with Gasteiger partial charge in [-0.3, -0.25) is 0 Å². The normalized spacial score (nSPS) is 13.5. The van der Waals surface area contributed by atoms with Crippen molar-refractivity contribution in [3.05, 3.63) is 45.8 Å². The molecule has 1 aromatic carbocycles. The molecule has 0 radical (unpaired) electrons. The van der Waals surface area contributed by atoms with Crippen LogP contribution in [0.5, 0.6) is 0 Å². The Balaban J connectivity index is 1.93. The summed E-state index contributed by atoms with van der Waals surface area (Å²) >= 11 is 1.40. The lowest BCUT2D eigenvalue weighted by Gasteiger charge is -2.05. The molecule has 0 atom stereocenters. The number of aromatic nitrogens is 2. The van der Waals surface area contributed by atoms with E-state index in [0.717, 1.165) is 17.7 Å². The third-order valence-electron chi connectivity index (χ3n) is 3.32. The molecule has 0 amide bonds. The molecule has 1 aliphatic rings. The second kappa shape index (κ2) is 4.70. The zero-order valence-corrected chi connectivity index (χ0v) is 11.3. The van der Waals surface area contributed by atoms with Crippen LogP contribution in [0.4, 0.5) is 5.82 Å². The van der Waals surface area contributed by atoms with E-state index in [1.54, 1.807) is 11.6 Å². The molecule has 0 unspecified atom stereocenters. The molecule has 1 aromatic heterocycles. The average Bonchev–Trinajstić information content (AvgIpc) is 2.97. The van der Waals surface area contributed by atoms with Gasteiger partial charge in [-0.15, -0.1) is 0 Å². The SMILES string of the molecule is Cn1cnc([N+](=O)[O-])c1Sc1ccc2c(c1)CCC2. The van der Waals surface area contributed by atoms with Gasteiger partial charge in [-0.1, -0.05) is 17.8 Å². The van der Waals surface area contributed by atoms with Gasteiger partial charge in [-0.25, -0.2) is 0 Å². The number of benzene rings is 1. The molecule has 0 spiro atoms. The zero-order valence-electron chi connectivity index (χ0n) is 10.5. The second-order valence-corrected chi connectivity index (χ2v) is 5.69. The van der Waals surface area contributed by atoms with Crippen molar-refractivity contribution in [2.24, 2.45) is 7.05 Å². The lowest BCUT2D eigenvalue weighted by Crippen LogP contribution is -1.93. The number of hydrogen-bond acceptors (Lipinski definition) is 4. The molecule has 19 heavy (non-hydrogen) atoms. The van der Waals surface area contributed by atoms with Crippen molar-refractivity contribution < 1.29 is 4.92 Å². The molecular formula is C13H13N3O2S. The Hall–Kier alpha value is -1.82. The fourth-order valence-corrected chi connectivity index (χ4v) is 3.34. The number of rotatable bonds is 3. The number of aryl methyl sites for hydroxylation is 3. The molecule has 0 aliphatic heterocycles. The fourth-order valence-electron chi connectivity index (χ4n) is 2.37. The summed E-state index contributed by atoms with van der Waals surface area (Å²) in [5, 5.41) is 11.5. The molecule has 0 saturated carbocycles. The van der Waals surface area contributed by atoms with Gasteiger partial charge in [0.25, 0.3) is 0 Å². The van der Waals surface area contributed by atoms with Crippen LogP contribution in [0.15, 0.2) is 34.4 Å². The van der Waals surface area contributed by atoms with E-state index in [2.05, 4.69) is 17.1 Å². The van der Waals surface area contributed by atoms with Gasteiger partial charge in [-0.05, 0) is 52.4 Å². The van der Waals surface area contributed by atoms with E-state index >= 15 is 0 Å². The molecular weight excluding hydrogens is 262 g/mol. The maximum absolute atomic E-state index is 10.9. The highest BCUT2D eigenvalue weighted by molar-refractivity contribution is 7.99. The first-order valence-corrected chi connectivity index (χ1v) is 6.92. The minimum absolute atomic E-state index is 0.0759. The monoisotopic (exact) mass is 275 g/mol. The Labute approximate surface area is 114 Å². The summed E-state index contributed by atoms with van der Waals surface area (Å²) in [6.45, 7) is 0. The van der Waals surface area contributed by atoms with Crippen molar-refractivity contribution in [2.75, 3.05) is 0 Å². The highest BCUT2D eigenvalue weighted by Crippen LogP contribution is 2.35. The first-order valence-electron chi connectivity index (χ1n) is 6.10. The predicted octanol–water partition coefficient (Wildman–Crippen LogP) is 2.97. The van der Waals surface area contributed by atoms with E-state index in [1.165, 1.54) is 35.6 Å². The van der Waals surface area contributed by atoms with E-state index in [1.807, 2.05) is 6.07 Å². The van der Waals surface area contributed by atoms with E-state index < -0.39 is 4.92 Å². The van der Waals surface area contributed by atoms with Gasteiger partial charge >= 0.3 is 5.82 Å². The van der Waals surface area contributed by atoms with Crippen molar-refractivity contribution in [1.29, 1.82) is 0 Å². The Bertz CT molecular complexity index is 651. The van der Waals surface area contributed by atoms with Crippen LogP contribution in [0, 0.1) is 10.1 Å². The third-order valence-corrected chi connectivity index (χ3v) is 4.48. The number of fused-ring (bicyclic) bond motifs is 1. The van der Waals surface area contributed by atoms with Crippen LogP contribution in [-0.4, -0.2) is 14.5 Å². The predicted molar refractivity (Wildman–Crippen MR) is 72.5 cm³/mol. The number of imidazole rings is 1. The summed E-state index contributed by atoms with van der Waals surface area (Å²) in [5.74, 6) is -0.0759. The van der Waals surface area contributed by atoms with E-state index in [-0.39, 0.29) is 5.82 Å². The maximum atomic E-state index is 10.9. The van der Waals surface area contributed by atoms with Crippen LogP contribution >= 0.6 is 11.8 Å². The maximum Gasteiger partial charge on any atom is 0.396 e. The molecule has 2 aromatic rings. The minimum Gasteiger partial charge on any atom is -0.358 e. The quantitative estimate of drug-likeness (QED) is 0.638. The van der Waals surface area contributed by atoms with Crippen LogP contribution in [0.2, 0.25) is 0 Å². The smallest absolute Gasteiger partial charge is 0.358 e. The van der Waals surface area contributed by atoms with E-state index in [0.29, 0.717) is 5.03 Å². The highest BCUT2D eigenvalue weighted by Gasteiger charge is 2.21. The number of nitro groups is 1. The summed E-state index contributed by atoms with van der Waals surface area (Å²) in [7, 11) is 1.77. The first-order chi connectivity index (χ1) is 9.15. The van der Waals surface area contributed by atoms with Crippen molar-refractivity contribution in [3.63, 3.8) is 0 Å². The molecule has 6 heteroatoms. The van der Waals surface area contributed by atoms with Crippen molar-refractivity contribution in [1.82, 2.24) is 9.55 Å². The highest BCUT2D eigenvalue weighted by atomic mass is 32.2. The minimum atomic E-state index is -0.435. The van der Waals surface area contributed by atoms with Crippen molar-refractivity contribution in [3.8, 4) is 0 Å². The standard InChI is InChI=1S/C13H13N3O2S/c1-15-8-14-12(16(17)18)13(15)19-11-6-5-9-3-2-4-10(9)7-11/h5-8H,2-4H2,1H3. The van der Waals surface area contributed by atoms with Crippen LogP contribution in [-0.2, 0) is 19.9 Å². The van der Waals surface area contributed by atoms with Gasteiger partial charge in [0, 0.05) is 11.9 Å². The third kappa shape index (κ3) is 2.23. The second-order valence-electron chi connectivity index (χ2n) is 4.63. The molecule has 98 valence electrons. The lowest BCUT2D eigenvalue weighted by molar-refractivity contribution is -0.392. The van der Waals surface area contributed by atoms with Crippen LogP contribution < -0.4 is 0 Å². The van der Waals surface area contributed by atoms with Crippen LogP contribution in [0.1, 0.15) is 17.5 Å². The topological polar surface area (TPSA) is 61.0 Å². The van der Waals surface area contributed by atoms with E-state index in [9.17, 15) is 10.1 Å². The first kappa shape index (κ1) is 12.2.